The van der Waals surface area contributed by atoms with Crippen molar-refractivity contribution in [2.75, 3.05) is 49.7 Å². The zero-order valence-electron chi connectivity index (χ0n) is 15.4. The van der Waals surface area contributed by atoms with E-state index in [-0.39, 0.29) is 6.61 Å². The lowest BCUT2D eigenvalue weighted by Crippen LogP contribution is -2.49. The molecule has 0 aromatic carbocycles. The number of aliphatic hydroxyl groups is 1. The highest BCUT2D eigenvalue weighted by atomic mass is 16.5. The Labute approximate surface area is 153 Å². The largest absolute Gasteiger partial charge is 0.395 e. The fraction of sp³-hybridized carbons (Fsp3) is 0.611. The van der Waals surface area contributed by atoms with Gasteiger partial charge in [0.2, 0.25) is 5.95 Å². The summed E-state index contributed by atoms with van der Waals surface area (Å²) in [5.41, 5.74) is 3.27. The highest BCUT2D eigenvalue weighted by Crippen LogP contribution is 2.31. The average Bonchev–Trinajstić information content (AvgIpc) is 3.22. The number of aromatic nitrogens is 4. The van der Waals surface area contributed by atoms with Crippen LogP contribution in [0.1, 0.15) is 35.5 Å². The van der Waals surface area contributed by atoms with E-state index in [2.05, 4.69) is 49.0 Å². The van der Waals surface area contributed by atoms with Gasteiger partial charge in [0, 0.05) is 43.9 Å². The molecule has 26 heavy (non-hydrogen) atoms. The smallest absolute Gasteiger partial charge is 0.224 e. The number of nitrogens with zero attached hydrogens (tertiary/aromatic N) is 5. The third-order valence-electron chi connectivity index (χ3n) is 5.05. The Bertz CT molecular complexity index is 765. The summed E-state index contributed by atoms with van der Waals surface area (Å²) < 4.78 is 7.63. The van der Waals surface area contributed by atoms with E-state index in [0.717, 1.165) is 43.3 Å². The summed E-state index contributed by atoms with van der Waals surface area (Å²) in [7, 11) is 0. The van der Waals surface area contributed by atoms with Crippen LogP contribution in [0.5, 0.6) is 0 Å². The highest BCUT2D eigenvalue weighted by molar-refractivity contribution is 5.48. The van der Waals surface area contributed by atoms with Crippen LogP contribution in [-0.2, 0) is 4.74 Å². The van der Waals surface area contributed by atoms with Gasteiger partial charge < -0.3 is 20.1 Å². The summed E-state index contributed by atoms with van der Waals surface area (Å²) in [5, 5.41) is 16.8. The third-order valence-corrected chi connectivity index (χ3v) is 5.05. The maximum atomic E-state index is 9.07. The van der Waals surface area contributed by atoms with Crippen molar-refractivity contribution < 1.29 is 9.84 Å². The van der Waals surface area contributed by atoms with Crippen LogP contribution in [0.25, 0.3) is 0 Å². The molecule has 4 heterocycles. The average molecular weight is 358 g/mol. The van der Waals surface area contributed by atoms with Gasteiger partial charge in [-0.25, -0.2) is 4.98 Å². The predicted octanol–water partition coefficient (Wildman–Crippen LogP) is 1.26. The number of aliphatic hydroxyl groups excluding tert-OH is 1. The van der Waals surface area contributed by atoms with Crippen molar-refractivity contribution in [1.29, 1.82) is 0 Å². The Morgan fingerprint density at radius 3 is 2.77 bits per heavy atom. The third kappa shape index (κ3) is 3.39. The number of aryl methyl sites for hydroxylation is 2. The molecule has 0 aliphatic carbocycles. The maximum absolute atomic E-state index is 9.07. The fourth-order valence-corrected chi connectivity index (χ4v) is 3.65. The van der Waals surface area contributed by atoms with Crippen LogP contribution in [0, 0.1) is 13.8 Å². The van der Waals surface area contributed by atoms with Gasteiger partial charge in [0.1, 0.15) is 5.82 Å². The number of nitrogens with one attached hydrogen (secondary N) is 1. The molecule has 2 aliphatic heterocycles. The van der Waals surface area contributed by atoms with Gasteiger partial charge in [-0.15, -0.1) is 0 Å². The Morgan fingerprint density at radius 2 is 2.12 bits per heavy atom. The molecule has 0 amide bonds. The van der Waals surface area contributed by atoms with E-state index in [9.17, 15) is 0 Å². The molecule has 2 N–H and O–H groups in total. The summed E-state index contributed by atoms with van der Waals surface area (Å²) in [6.07, 6.45) is 0.990. The summed E-state index contributed by atoms with van der Waals surface area (Å²) >= 11 is 0. The van der Waals surface area contributed by atoms with Crippen molar-refractivity contribution >= 4 is 11.8 Å². The Morgan fingerprint density at radius 1 is 1.27 bits per heavy atom. The van der Waals surface area contributed by atoms with Crippen LogP contribution in [0.4, 0.5) is 11.8 Å². The van der Waals surface area contributed by atoms with E-state index < -0.39 is 0 Å². The first-order chi connectivity index (χ1) is 12.6. The summed E-state index contributed by atoms with van der Waals surface area (Å²) in [6, 6.07) is 4.58. The van der Waals surface area contributed by atoms with Crippen LogP contribution in [0.2, 0.25) is 0 Å². The molecule has 0 saturated carbocycles. The molecule has 2 fully saturated rings. The van der Waals surface area contributed by atoms with E-state index in [1.54, 1.807) is 0 Å². The maximum Gasteiger partial charge on any atom is 0.224 e. The number of hydrogen-bond acceptors (Lipinski definition) is 7. The van der Waals surface area contributed by atoms with Crippen LogP contribution in [0.3, 0.4) is 0 Å². The number of hydrogen-bond donors (Lipinski definition) is 2. The lowest BCUT2D eigenvalue weighted by molar-refractivity contribution is 0.193. The molecular formula is C18H26N6O2. The number of rotatable bonds is 6. The van der Waals surface area contributed by atoms with Crippen molar-refractivity contribution in [3.05, 3.63) is 29.2 Å². The fourth-order valence-electron chi connectivity index (χ4n) is 3.65. The van der Waals surface area contributed by atoms with E-state index in [0.29, 0.717) is 31.1 Å². The minimum absolute atomic E-state index is 0.0547. The monoisotopic (exact) mass is 358 g/mol. The van der Waals surface area contributed by atoms with Crippen molar-refractivity contribution in [3.8, 4) is 0 Å². The van der Waals surface area contributed by atoms with Gasteiger partial charge in [-0.3, -0.25) is 4.68 Å². The molecule has 8 heteroatoms. The first kappa shape index (κ1) is 17.2. The molecular weight excluding hydrogens is 332 g/mol. The molecule has 1 atom stereocenters. The SMILES string of the molecule is Cc1cc(C)n(C2CN(c3cc([C@H]4CCOC4)nc(NCCO)n3)C2)n1. The van der Waals surface area contributed by atoms with Gasteiger partial charge in [-0.1, -0.05) is 0 Å². The van der Waals surface area contributed by atoms with E-state index in [1.807, 2.05) is 6.92 Å². The van der Waals surface area contributed by atoms with Crippen LogP contribution < -0.4 is 10.2 Å². The molecule has 2 saturated heterocycles. The van der Waals surface area contributed by atoms with Crippen LogP contribution in [0.15, 0.2) is 12.1 Å². The molecule has 0 radical (unpaired) electrons. The van der Waals surface area contributed by atoms with Crippen molar-refractivity contribution in [1.82, 2.24) is 19.7 Å². The van der Waals surface area contributed by atoms with Crippen LogP contribution >= 0.6 is 0 Å². The van der Waals surface area contributed by atoms with Crippen molar-refractivity contribution in [2.24, 2.45) is 0 Å². The second-order valence-electron chi connectivity index (χ2n) is 7.12. The van der Waals surface area contributed by atoms with Gasteiger partial charge >= 0.3 is 0 Å². The van der Waals surface area contributed by atoms with Gasteiger partial charge in [-0.2, -0.15) is 10.1 Å². The number of ether oxygens (including phenoxy) is 1. The Balaban J connectivity index is 1.52. The lowest BCUT2D eigenvalue weighted by Gasteiger charge is -2.40. The second kappa shape index (κ2) is 7.20. The van der Waals surface area contributed by atoms with Gasteiger partial charge in [0.25, 0.3) is 0 Å². The highest BCUT2D eigenvalue weighted by Gasteiger charge is 2.32. The topological polar surface area (TPSA) is 88.3 Å². The Hall–Kier alpha value is -2.19. The normalized spacial score (nSPS) is 20.4. The zero-order valence-corrected chi connectivity index (χ0v) is 15.4. The quantitative estimate of drug-likeness (QED) is 0.804. The molecule has 8 nitrogen and oxygen atoms in total. The molecule has 2 aliphatic rings. The summed E-state index contributed by atoms with van der Waals surface area (Å²) in [4.78, 5) is 11.5. The molecule has 140 valence electrons. The van der Waals surface area contributed by atoms with Crippen LogP contribution in [-0.4, -0.2) is 64.3 Å². The van der Waals surface area contributed by atoms with Gasteiger partial charge in [-0.05, 0) is 26.3 Å². The van der Waals surface area contributed by atoms with E-state index in [1.165, 1.54) is 5.69 Å². The molecule has 2 aromatic heterocycles. The summed E-state index contributed by atoms with van der Waals surface area (Å²) in [6.45, 7) is 7.90. The number of anilines is 2. The summed E-state index contributed by atoms with van der Waals surface area (Å²) in [5.74, 6) is 1.83. The van der Waals surface area contributed by atoms with Gasteiger partial charge in [0.05, 0.1) is 30.6 Å². The molecule has 0 unspecified atom stereocenters. The van der Waals surface area contributed by atoms with E-state index in [4.69, 9.17) is 9.84 Å². The second-order valence-corrected chi connectivity index (χ2v) is 7.12. The van der Waals surface area contributed by atoms with Gasteiger partial charge in [0.15, 0.2) is 0 Å². The first-order valence-electron chi connectivity index (χ1n) is 9.23. The lowest BCUT2D eigenvalue weighted by atomic mass is 10.0. The molecule has 2 aromatic rings. The molecule has 4 rings (SSSR count). The van der Waals surface area contributed by atoms with E-state index >= 15 is 0 Å². The minimum Gasteiger partial charge on any atom is -0.395 e. The predicted molar refractivity (Wildman–Crippen MR) is 98.7 cm³/mol. The Kier molecular flexibility index (Phi) is 4.78. The van der Waals surface area contributed by atoms with Crippen molar-refractivity contribution in [2.45, 2.75) is 32.2 Å². The molecule has 0 spiro atoms. The zero-order chi connectivity index (χ0) is 18.1. The first-order valence-corrected chi connectivity index (χ1v) is 9.23. The minimum atomic E-state index is 0.0547. The standard InChI is InChI=1S/C18H26N6O2/c1-12-7-13(2)24(22-12)15-9-23(10-15)17-8-16(14-3-6-26-11-14)20-18(21-17)19-4-5-25/h7-8,14-15,25H,3-6,9-11H2,1-2H3,(H,19,20,21)/t14-/m0/s1. The molecule has 0 bridgehead atoms. The van der Waals surface area contributed by atoms with Crippen molar-refractivity contribution in [3.63, 3.8) is 0 Å².